The number of alkyl carbamates (subject to hydrolysis) is 1. The first-order valence-corrected chi connectivity index (χ1v) is 6.34. The van der Waals surface area contributed by atoms with Crippen molar-refractivity contribution in [1.82, 2.24) is 10.6 Å². The van der Waals surface area contributed by atoms with Crippen LogP contribution in [0.3, 0.4) is 0 Å². The average molecular weight is 258 g/mol. The number of Topliss-reactive ketones (excluding diaryl/α,β-unsaturated/α-hetero) is 1. The molecule has 5 heteroatoms. The first-order valence-electron chi connectivity index (χ1n) is 6.34. The predicted octanol–water partition coefficient (Wildman–Crippen LogP) is 1.71. The first kappa shape index (κ1) is 16.9. The Morgan fingerprint density at radius 1 is 1.17 bits per heavy atom. The third-order valence-electron chi connectivity index (χ3n) is 2.26. The monoisotopic (exact) mass is 258 g/mol. The number of ketones is 1. The van der Waals surface area contributed by atoms with Crippen LogP contribution in [0.2, 0.25) is 0 Å². The van der Waals surface area contributed by atoms with E-state index < -0.39 is 11.7 Å². The van der Waals surface area contributed by atoms with E-state index in [-0.39, 0.29) is 17.7 Å². The van der Waals surface area contributed by atoms with Crippen molar-refractivity contribution in [2.75, 3.05) is 13.1 Å². The number of amides is 1. The summed E-state index contributed by atoms with van der Waals surface area (Å²) in [5, 5.41) is 5.75. The summed E-state index contributed by atoms with van der Waals surface area (Å²) >= 11 is 0. The Labute approximate surface area is 110 Å². The largest absolute Gasteiger partial charge is 0.444 e. The molecule has 5 nitrogen and oxygen atoms in total. The van der Waals surface area contributed by atoms with E-state index in [4.69, 9.17) is 4.74 Å². The number of rotatable bonds is 6. The second-order valence-electron chi connectivity index (χ2n) is 5.72. The molecule has 0 radical (unpaired) electrons. The molecular weight excluding hydrogens is 232 g/mol. The van der Waals surface area contributed by atoms with Crippen molar-refractivity contribution in [3.05, 3.63) is 0 Å². The summed E-state index contributed by atoms with van der Waals surface area (Å²) in [4.78, 5) is 22.7. The minimum Gasteiger partial charge on any atom is -0.444 e. The van der Waals surface area contributed by atoms with Crippen LogP contribution >= 0.6 is 0 Å². The molecule has 0 spiro atoms. The van der Waals surface area contributed by atoms with E-state index in [9.17, 15) is 9.59 Å². The Bertz CT molecular complexity index is 282. The normalized spacial score (nSPS) is 13.3. The number of carbonyl (C=O) groups is 2. The van der Waals surface area contributed by atoms with Crippen LogP contribution in [-0.2, 0) is 9.53 Å². The Hall–Kier alpha value is -1.10. The number of ether oxygens (including phenoxy) is 1. The molecule has 0 aromatic rings. The van der Waals surface area contributed by atoms with Crippen LogP contribution in [0.4, 0.5) is 4.79 Å². The van der Waals surface area contributed by atoms with Gasteiger partial charge >= 0.3 is 6.09 Å². The van der Waals surface area contributed by atoms with Crippen LogP contribution in [0.15, 0.2) is 0 Å². The van der Waals surface area contributed by atoms with Gasteiger partial charge < -0.3 is 15.4 Å². The first-order chi connectivity index (χ1) is 8.13. The summed E-state index contributed by atoms with van der Waals surface area (Å²) in [7, 11) is 0. The zero-order valence-electron chi connectivity index (χ0n) is 12.3. The van der Waals surface area contributed by atoms with Gasteiger partial charge in [-0.3, -0.25) is 4.79 Å². The molecule has 2 N–H and O–H groups in total. The van der Waals surface area contributed by atoms with Gasteiger partial charge in [-0.2, -0.15) is 0 Å². The van der Waals surface area contributed by atoms with Gasteiger partial charge in [0, 0.05) is 13.1 Å². The van der Waals surface area contributed by atoms with Gasteiger partial charge in [0.25, 0.3) is 0 Å². The zero-order valence-corrected chi connectivity index (χ0v) is 12.3. The highest BCUT2D eigenvalue weighted by molar-refractivity contribution is 5.81. The van der Waals surface area contributed by atoms with E-state index in [1.165, 1.54) is 0 Å². The van der Waals surface area contributed by atoms with Crippen LogP contribution in [-0.4, -0.2) is 36.6 Å². The van der Waals surface area contributed by atoms with Crippen LogP contribution in [0.25, 0.3) is 0 Å². The number of hydrogen-bond acceptors (Lipinski definition) is 4. The molecule has 0 saturated carbocycles. The molecule has 0 fully saturated rings. The summed E-state index contributed by atoms with van der Waals surface area (Å²) < 4.78 is 5.09. The topological polar surface area (TPSA) is 67.4 Å². The molecule has 18 heavy (non-hydrogen) atoms. The third kappa shape index (κ3) is 8.06. The summed E-state index contributed by atoms with van der Waals surface area (Å²) in [6, 6.07) is -0.162. The molecule has 0 bridgehead atoms. The van der Waals surface area contributed by atoms with Crippen molar-refractivity contribution in [2.24, 2.45) is 5.92 Å². The molecule has 0 aromatic carbocycles. The van der Waals surface area contributed by atoms with Crippen molar-refractivity contribution in [2.45, 2.75) is 53.2 Å². The van der Waals surface area contributed by atoms with E-state index in [0.717, 1.165) is 0 Å². The van der Waals surface area contributed by atoms with Crippen molar-refractivity contribution in [3.63, 3.8) is 0 Å². The van der Waals surface area contributed by atoms with Gasteiger partial charge in [-0.15, -0.1) is 0 Å². The standard InChI is InChI=1S/C13H26N2O3/c1-9(2)11(10(3)16)14-7-8-15-12(17)18-13(4,5)6/h9,11,14H,7-8H2,1-6H3,(H,15,17)/t11-/m0/s1. The van der Waals surface area contributed by atoms with Crippen LogP contribution < -0.4 is 10.6 Å². The molecule has 0 aliphatic rings. The minimum absolute atomic E-state index is 0.113. The average Bonchev–Trinajstić information content (AvgIpc) is 2.12. The van der Waals surface area contributed by atoms with Crippen LogP contribution in [0, 0.1) is 5.92 Å². The van der Waals surface area contributed by atoms with Crippen LogP contribution in [0.5, 0.6) is 0 Å². The molecule has 0 unspecified atom stereocenters. The fourth-order valence-corrected chi connectivity index (χ4v) is 1.56. The van der Waals surface area contributed by atoms with Gasteiger partial charge in [-0.25, -0.2) is 4.79 Å². The van der Waals surface area contributed by atoms with Gasteiger partial charge in [-0.05, 0) is 33.6 Å². The maximum atomic E-state index is 11.3. The summed E-state index contributed by atoms with van der Waals surface area (Å²) in [6.07, 6.45) is -0.437. The van der Waals surface area contributed by atoms with E-state index in [2.05, 4.69) is 10.6 Å². The van der Waals surface area contributed by atoms with Crippen molar-refractivity contribution < 1.29 is 14.3 Å². The highest BCUT2D eigenvalue weighted by atomic mass is 16.6. The fraction of sp³-hybridized carbons (Fsp3) is 0.846. The summed E-state index contributed by atoms with van der Waals surface area (Å²) in [6.45, 7) is 12.0. The van der Waals surface area contributed by atoms with E-state index in [1.54, 1.807) is 6.92 Å². The molecule has 0 rings (SSSR count). The van der Waals surface area contributed by atoms with Gasteiger partial charge in [0.2, 0.25) is 0 Å². The van der Waals surface area contributed by atoms with Crippen molar-refractivity contribution in [3.8, 4) is 0 Å². The molecule has 1 atom stereocenters. The lowest BCUT2D eigenvalue weighted by Gasteiger charge is -2.21. The predicted molar refractivity (Wildman–Crippen MR) is 71.5 cm³/mol. The number of hydrogen-bond donors (Lipinski definition) is 2. The Morgan fingerprint density at radius 3 is 2.11 bits per heavy atom. The van der Waals surface area contributed by atoms with E-state index in [1.807, 2.05) is 34.6 Å². The molecule has 1 amide bonds. The fourth-order valence-electron chi connectivity index (χ4n) is 1.56. The van der Waals surface area contributed by atoms with Crippen molar-refractivity contribution >= 4 is 11.9 Å². The lowest BCUT2D eigenvalue weighted by atomic mass is 10.0. The maximum absolute atomic E-state index is 11.3. The van der Waals surface area contributed by atoms with Gasteiger partial charge in [0.1, 0.15) is 11.4 Å². The van der Waals surface area contributed by atoms with Gasteiger partial charge in [0.15, 0.2) is 0 Å². The van der Waals surface area contributed by atoms with Crippen LogP contribution in [0.1, 0.15) is 41.5 Å². The Balaban J connectivity index is 3.85. The third-order valence-corrected chi connectivity index (χ3v) is 2.26. The molecular formula is C13H26N2O3. The number of nitrogens with one attached hydrogen (secondary N) is 2. The zero-order chi connectivity index (χ0) is 14.3. The molecule has 0 saturated heterocycles. The van der Waals surface area contributed by atoms with E-state index >= 15 is 0 Å². The Kier molecular flexibility index (Phi) is 6.91. The highest BCUT2D eigenvalue weighted by Gasteiger charge is 2.18. The molecule has 0 aliphatic heterocycles. The second-order valence-corrected chi connectivity index (χ2v) is 5.72. The van der Waals surface area contributed by atoms with Gasteiger partial charge in [-0.1, -0.05) is 13.8 Å². The summed E-state index contributed by atoms with van der Waals surface area (Å²) in [5.41, 5.74) is -0.489. The maximum Gasteiger partial charge on any atom is 0.407 e. The molecule has 0 aromatic heterocycles. The lowest BCUT2D eigenvalue weighted by Crippen LogP contribution is -2.44. The summed E-state index contributed by atoms with van der Waals surface area (Å²) in [5.74, 6) is 0.353. The smallest absolute Gasteiger partial charge is 0.407 e. The quantitative estimate of drug-likeness (QED) is 0.712. The van der Waals surface area contributed by atoms with Crippen molar-refractivity contribution in [1.29, 1.82) is 0 Å². The molecule has 0 aliphatic carbocycles. The number of carbonyl (C=O) groups excluding carboxylic acids is 2. The second kappa shape index (κ2) is 7.36. The lowest BCUT2D eigenvalue weighted by molar-refractivity contribution is -0.119. The minimum atomic E-state index is -0.489. The van der Waals surface area contributed by atoms with Gasteiger partial charge in [0.05, 0.1) is 6.04 Å². The molecule has 0 heterocycles. The van der Waals surface area contributed by atoms with E-state index in [0.29, 0.717) is 13.1 Å². The highest BCUT2D eigenvalue weighted by Crippen LogP contribution is 2.06. The SMILES string of the molecule is CC(=O)[C@@H](NCCNC(=O)OC(C)(C)C)C(C)C. The molecule has 106 valence electrons. The Morgan fingerprint density at radius 2 is 1.72 bits per heavy atom.